The Morgan fingerprint density at radius 2 is 1.95 bits per heavy atom. The van der Waals surface area contributed by atoms with Crippen molar-refractivity contribution in [3.63, 3.8) is 0 Å². The quantitative estimate of drug-likeness (QED) is 0.591. The third-order valence-electron chi connectivity index (χ3n) is 3.72. The first-order valence-corrected chi connectivity index (χ1v) is 9.44. The summed E-state index contributed by atoms with van der Waals surface area (Å²) in [6.07, 6.45) is 1.19. The van der Waals surface area contributed by atoms with Crippen LogP contribution in [0.15, 0.2) is 18.2 Å². The van der Waals surface area contributed by atoms with E-state index in [0.717, 1.165) is 16.3 Å². The molecule has 3 rings (SSSR count). The molecule has 1 aromatic heterocycles. The third-order valence-corrected chi connectivity index (χ3v) is 7.03. The summed E-state index contributed by atoms with van der Waals surface area (Å²) in [5, 5.41) is 0.753. The minimum atomic E-state index is -0.0634. The second-order valence-corrected chi connectivity index (χ2v) is 8.34. The fourth-order valence-electron chi connectivity index (χ4n) is 2.52. The molecule has 0 bridgehead atoms. The predicted molar refractivity (Wildman–Crippen MR) is 92.8 cm³/mol. The first kappa shape index (κ1) is 14.8. The first-order chi connectivity index (χ1) is 9.56. The molecule has 106 valence electrons. The van der Waals surface area contributed by atoms with E-state index in [4.69, 9.17) is 23.2 Å². The van der Waals surface area contributed by atoms with Crippen molar-refractivity contribution in [2.75, 3.05) is 5.75 Å². The highest BCUT2D eigenvalue weighted by molar-refractivity contribution is 7.98. The third kappa shape index (κ3) is 2.76. The van der Waals surface area contributed by atoms with Gasteiger partial charge >= 0.3 is 0 Å². The lowest BCUT2D eigenvalue weighted by atomic mass is 10.0. The van der Waals surface area contributed by atoms with Crippen LogP contribution in [0.25, 0.3) is 0 Å². The van der Waals surface area contributed by atoms with Gasteiger partial charge in [-0.3, -0.25) is 0 Å². The van der Waals surface area contributed by atoms with Gasteiger partial charge in [-0.25, -0.2) is 0 Å². The molecule has 0 saturated carbocycles. The summed E-state index contributed by atoms with van der Waals surface area (Å²) >= 11 is 16.8. The Labute approximate surface area is 138 Å². The van der Waals surface area contributed by atoms with Gasteiger partial charge in [0.2, 0.25) is 0 Å². The fraction of sp³-hybridized carbons (Fsp3) is 0.375. The number of thioether (sulfide) groups is 1. The number of benzene rings is 1. The molecule has 4 heteroatoms. The van der Waals surface area contributed by atoms with Crippen molar-refractivity contribution in [1.82, 2.24) is 0 Å². The number of halogens is 2. The molecule has 1 aliphatic rings. The number of thiophene rings is 1. The highest BCUT2D eigenvalue weighted by Gasteiger charge is 2.20. The van der Waals surface area contributed by atoms with E-state index < -0.39 is 0 Å². The van der Waals surface area contributed by atoms with Crippen LogP contribution in [0.3, 0.4) is 0 Å². The molecule has 0 fully saturated rings. The maximum absolute atomic E-state index is 6.74. The fourth-order valence-corrected chi connectivity index (χ4v) is 5.55. The number of aryl methyl sites for hydroxylation is 3. The highest BCUT2D eigenvalue weighted by Crippen LogP contribution is 2.40. The summed E-state index contributed by atoms with van der Waals surface area (Å²) in [5.41, 5.74) is 4.92. The maximum Gasteiger partial charge on any atom is 0.0930 e. The summed E-state index contributed by atoms with van der Waals surface area (Å²) in [7, 11) is 0. The Bertz CT molecular complexity index is 623. The van der Waals surface area contributed by atoms with Crippen molar-refractivity contribution < 1.29 is 0 Å². The second-order valence-electron chi connectivity index (χ2n) is 5.22. The lowest BCUT2D eigenvalue weighted by Gasteiger charge is -2.13. The predicted octanol–water partition coefficient (Wildman–Crippen LogP) is 6.14. The Morgan fingerprint density at radius 1 is 1.15 bits per heavy atom. The number of hydrogen-bond acceptors (Lipinski definition) is 2. The minimum absolute atomic E-state index is 0.0634. The van der Waals surface area contributed by atoms with Gasteiger partial charge in [0.25, 0.3) is 0 Å². The molecule has 2 aromatic rings. The number of alkyl halides is 1. The molecular weight excluding hydrogens is 327 g/mol. The first-order valence-electron chi connectivity index (χ1n) is 6.66. The van der Waals surface area contributed by atoms with Crippen molar-refractivity contribution in [1.29, 1.82) is 0 Å². The zero-order valence-electron chi connectivity index (χ0n) is 11.5. The molecule has 0 radical (unpaired) electrons. The van der Waals surface area contributed by atoms with E-state index in [0.29, 0.717) is 0 Å². The molecule has 1 aromatic carbocycles. The average Bonchev–Trinajstić information content (AvgIpc) is 2.86. The number of hydrogen-bond donors (Lipinski definition) is 0. The van der Waals surface area contributed by atoms with E-state index in [1.807, 2.05) is 36.1 Å². The van der Waals surface area contributed by atoms with Crippen LogP contribution in [0.4, 0.5) is 0 Å². The SMILES string of the molecule is Cc1cc(C(Cl)c2cc3c(s2)CCSC3)c(C)cc1Cl. The lowest BCUT2D eigenvalue weighted by Crippen LogP contribution is -1.96. The summed E-state index contributed by atoms with van der Waals surface area (Å²) < 4.78 is 0. The van der Waals surface area contributed by atoms with Gasteiger partial charge in [-0.2, -0.15) is 11.8 Å². The van der Waals surface area contributed by atoms with Crippen LogP contribution in [-0.4, -0.2) is 5.75 Å². The molecule has 20 heavy (non-hydrogen) atoms. The van der Waals surface area contributed by atoms with Crippen LogP contribution in [0, 0.1) is 13.8 Å². The van der Waals surface area contributed by atoms with Gasteiger partial charge < -0.3 is 0 Å². The molecule has 0 amide bonds. The van der Waals surface area contributed by atoms with E-state index in [1.54, 1.807) is 0 Å². The normalized spacial score (nSPS) is 16.0. The van der Waals surface area contributed by atoms with Gasteiger partial charge in [0.05, 0.1) is 5.38 Å². The molecule has 0 spiro atoms. The molecule has 1 atom stereocenters. The van der Waals surface area contributed by atoms with Crippen LogP contribution in [-0.2, 0) is 12.2 Å². The van der Waals surface area contributed by atoms with Crippen LogP contribution >= 0.6 is 46.3 Å². The van der Waals surface area contributed by atoms with E-state index in [2.05, 4.69) is 19.1 Å². The zero-order valence-corrected chi connectivity index (χ0v) is 14.6. The van der Waals surface area contributed by atoms with E-state index in [1.165, 1.54) is 38.6 Å². The smallest absolute Gasteiger partial charge is 0.0930 e. The average molecular weight is 343 g/mol. The monoisotopic (exact) mass is 342 g/mol. The lowest BCUT2D eigenvalue weighted by molar-refractivity contribution is 1.12. The summed E-state index contributed by atoms with van der Waals surface area (Å²) in [6.45, 7) is 4.12. The van der Waals surface area contributed by atoms with Crippen LogP contribution in [0.1, 0.15) is 37.4 Å². The van der Waals surface area contributed by atoms with Gasteiger partial charge in [-0.05, 0) is 60.4 Å². The molecule has 0 nitrogen and oxygen atoms in total. The largest absolute Gasteiger partial charge is 0.157 e. The Kier molecular flexibility index (Phi) is 4.37. The summed E-state index contributed by atoms with van der Waals surface area (Å²) in [5.74, 6) is 2.37. The van der Waals surface area contributed by atoms with Crippen molar-refractivity contribution in [3.8, 4) is 0 Å². The molecule has 0 aliphatic carbocycles. The van der Waals surface area contributed by atoms with Gasteiger partial charge in [-0.15, -0.1) is 22.9 Å². The van der Waals surface area contributed by atoms with Gasteiger partial charge in [0.1, 0.15) is 0 Å². The molecular formula is C16H16Cl2S2. The van der Waals surface area contributed by atoms with Gasteiger partial charge in [0.15, 0.2) is 0 Å². The van der Waals surface area contributed by atoms with E-state index >= 15 is 0 Å². The highest BCUT2D eigenvalue weighted by atomic mass is 35.5. The van der Waals surface area contributed by atoms with Crippen molar-refractivity contribution in [3.05, 3.63) is 55.2 Å². The molecule has 1 unspecified atom stereocenters. The number of fused-ring (bicyclic) bond motifs is 1. The van der Waals surface area contributed by atoms with Crippen LogP contribution < -0.4 is 0 Å². The number of rotatable bonds is 2. The van der Waals surface area contributed by atoms with E-state index in [9.17, 15) is 0 Å². The minimum Gasteiger partial charge on any atom is -0.157 e. The standard InChI is InChI=1S/C16H16Cl2S2/c1-9-6-13(17)10(2)5-12(9)16(18)15-7-11-8-19-4-3-14(11)20-15/h5-7,16H,3-4,8H2,1-2H3. The summed E-state index contributed by atoms with van der Waals surface area (Å²) in [6, 6.07) is 6.45. The molecule has 2 heterocycles. The van der Waals surface area contributed by atoms with Crippen LogP contribution in [0.5, 0.6) is 0 Å². The summed E-state index contributed by atoms with van der Waals surface area (Å²) in [4.78, 5) is 2.79. The Hall–Kier alpha value is -0.150. The van der Waals surface area contributed by atoms with Crippen molar-refractivity contribution in [2.24, 2.45) is 0 Å². The molecule has 0 saturated heterocycles. The maximum atomic E-state index is 6.74. The second kappa shape index (κ2) is 5.92. The zero-order chi connectivity index (χ0) is 14.3. The van der Waals surface area contributed by atoms with Crippen LogP contribution in [0.2, 0.25) is 5.02 Å². The molecule has 0 N–H and O–H groups in total. The molecule has 1 aliphatic heterocycles. The Morgan fingerprint density at radius 3 is 2.70 bits per heavy atom. The topological polar surface area (TPSA) is 0 Å². The Balaban J connectivity index is 1.98. The van der Waals surface area contributed by atoms with Crippen molar-refractivity contribution in [2.45, 2.75) is 31.4 Å². The van der Waals surface area contributed by atoms with Gasteiger partial charge in [-0.1, -0.05) is 17.7 Å². The van der Waals surface area contributed by atoms with E-state index in [-0.39, 0.29) is 5.38 Å². The van der Waals surface area contributed by atoms with Crippen molar-refractivity contribution >= 4 is 46.3 Å². The van der Waals surface area contributed by atoms with Gasteiger partial charge in [0, 0.05) is 20.5 Å².